The summed E-state index contributed by atoms with van der Waals surface area (Å²) in [6.45, 7) is 2.99. The van der Waals surface area contributed by atoms with E-state index in [-0.39, 0.29) is 22.6 Å². The van der Waals surface area contributed by atoms with Gasteiger partial charge in [-0.2, -0.15) is 0 Å². The number of hydrogen-bond acceptors (Lipinski definition) is 3. The van der Waals surface area contributed by atoms with E-state index in [1.807, 2.05) is 0 Å². The van der Waals surface area contributed by atoms with E-state index in [9.17, 15) is 13.2 Å². The molecule has 1 aromatic rings. The van der Waals surface area contributed by atoms with Gasteiger partial charge in [-0.3, -0.25) is 4.79 Å². The minimum atomic E-state index is -3.72. The predicted molar refractivity (Wildman–Crippen MR) is 80.9 cm³/mol. The number of hydrogen-bond donors (Lipinski definition) is 2. The fourth-order valence-electron chi connectivity index (χ4n) is 1.39. The van der Waals surface area contributed by atoms with Gasteiger partial charge in [-0.15, -0.1) is 23.2 Å². The van der Waals surface area contributed by atoms with Gasteiger partial charge in [0.1, 0.15) is 0 Å². The number of benzene rings is 1. The van der Waals surface area contributed by atoms with E-state index in [1.54, 1.807) is 6.92 Å². The molecule has 0 saturated heterocycles. The highest BCUT2D eigenvalue weighted by Crippen LogP contribution is 2.18. The predicted octanol–water partition coefficient (Wildman–Crippen LogP) is 2.16. The molecule has 0 spiro atoms. The Morgan fingerprint density at radius 3 is 2.10 bits per heavy atom. The molecule has 2 N–H and O–H groups in total. The smallest absolute Gasteiger partial charge is 0.241 e. The second-order valence-electron chi connectivity index (χ2n) is 4.64. The minimum absolute atomic E-state index is 0.0553. The number of nitrogens with one attached hydrogen (secondary N) is 2. The van der Waals surface area contributed by atoms with Gasteiger partial charge < -0.3 is 5.32 Å². The average molecular weight is 339 g/mol. The third kappa shape index (κ3) is 4.63. The van der Waals surface area contributed by atoms with Gasteiger partial charge >= 0.3 is 0 Å². The van der Waals surface area contributed by atoms with Crippen molar-refractivity contribution in [3.63, 3.8) is 0 Å². The molecule has 0 aromatic heterocycles. The fourth-order valence-corrected chi connectivity index (χ4v) is 3.38. The monoisotopic (exact) mass is 338 g/mol. The van der Waals surface area contributed by atoms with Crippen LogP contribution in [0, 0.1) is 0 Å². The Bertz CT molecular complexity index is 569. The third-order valence-corrected chi connectivity index (χ3v) is 5.29. The molecule has 0 atom stereocenters. The van der Waals surface area contributed by atoms with Crippen LogP contribution in [0.15, 0.2) is 29.2 Å². The van der Waals surface area contributed by atoms with E-state index in [1.165, 1.54) is 31.2 Å². The van der Waals surface area contributed by atoms with Crippen LogP contribution in [0.1, 0.15) is 13.8 Å². The third-order valence-electron chi connectivity index (χ3n) is 2.46. The van der Waals surface area contributed by atoms with Crippen molar-refractivity contribution in [2.24, 2.45) is 0 Å². The highest BCUT2D eigenvalue weighted by Gasteiger charge is 2.29. The lowest BCUT2D eigenvalue weighted by molar-refractivity contribution is -0.114. The van der Waals surface area contributed by atoms with Crippen molar-refractivity contribution >= 4 is 44.8 Å². The Hall–Kier alpha value is -0.820. The highest BCUT2D eigenvalue weighted by molar-refractivity contribution is 7.89. The van der Waals surface area contributed by atoms with E-state index >= 15 is 0 Å². The number of anilines is 1. The van der Waals surface area contributed by atoms with Crippen molar-refractivity contribution in [3.8, 4) is 0 Å². The van der Waals surface area contributed by atoms with Crippen molar-refractivity contribution < 1.29 is 13.2 Å². The SMILES string of the molecule is CC(=O)Nc1ccc(S(=O)(=O)NC(C)(CCl)CCl)cc1. The highest BCUT2D eigenvalue weighted by atomic mass is 35.5. The lowest BCUT2D eigenvalue weighted by Crippen LogP contribution is -2.49. The van der Waals surface area contributed by atoms with Crippen LogP contribution in [0.5, 0.6) is 0 Å². The average Bonchev–Trinajstić information content (AvgIpc) is 2.38. The molecule has 8 heteroatoms. The number of alkyl halides is 2. The van der Waals surface area contributed by atoms with Crippen LogP contribution in [0.3, 0.4) is 0 Å². The first kappa shape index (κ1) is 17.2. The van der Waals surface area contributed by atoms with E-state index in [0.717, 1.165) is 0 Å². The second-order valence-corrected chi connectivity index (χ2v) is 6.86. The molecule has 0 fully saturated rings. The quantitative estimate of drug-likeness (QED) is 0.780. The first-order chi connectivity index (χ1) is 9.22. The zero-order valence-corrected chi connectivity index (χ0v) is 13.4. The van der Waals surface area contributed by atoms with Gasteiger partial charge in [0.05, 0.1) is 10.4 Å². The lowest BCUT2D eigenvalue weighted by atomic mass is 10.1. The molecule has 112 valence electrons. The maximum absolute atomic E-state index is 12.2. The molecule has 0 bridgehead atoms. The van der Waals surface area contributed by atoms with Gasteiger partial charge in [0.25, 0.3) is 0 Å². The van der Waals surface area contributed by atoms with Gasteiger partial charge in [0.15, 0.2) is 0 Å². The topological polar surface area (TPSA) is 75.3 Å². The van der Waals surface area contributed by atoms with Crippen molar-refractivity contribution in [3.05, 3.63) is 24.3 Å². The maximum Gasteiger partial charge on any atom is 0.241 e. The van der Waals surface area contributed by atoms with Crippen LogP contribution in [0.4, 0.5) is 5.69 Å². The fraction of sp³-hybridized carbons (Fsp3) is 0.417. The number of rotatable bonds is 6. The molecule has 0 aliphatic heterocycles. The molecule has 0 radical (unpaired) electrons. The second kappa shape index (κ2) is 6.76. The summed E-state index contributed by atoms with van der Waals surface area (Å²) in [7, 11) is -3.72. The molecule has 20 heavy (non-hydrogen) atoms. The zero-order valence-electron chi connectivity index (χ0n) is 11.1. The first-order valence-corrected chi connectivity index (χ1v) is 8.31. The molecule has 0 saturated carbocycles. The normalized spacial score (nSPS) is 12.2. The Balaban J connectivity index is 2.96. The summed E-state index contributed by atoms with van der Waals surface area (Å²) in [5.41, 5.74) is -0.396. The standard InChI is InChI=1S/C12H16Cl2N2O3S/c1-9(17)15-10-3-5-11(6-4-10)20(18,19)16-12(2,7-13)8-14/h3-6,16H,7-8H2,1-2H3,(H,15,17). The van der Waals surface area contributed by atoms with E-state index < -0.39 is 15.6 Å². The molecular weight excluding hydrogens is 323 g/mol. The summed E-state index contributed by atoms with van der Waals surface area (Å²) in [5.74, 6) is -0.116. The molecule has 1 rings (SSSR count). The van der Waals surface area contributed by atoms with Gasteiger partial charge in [-0.25, -0.2) is 13.1 Å². The van der Waals surface area contributed by atoms with Crippen molar-refractivity contribution in [1.82, 2.24) is 4.72 Å². The number of carbonyl (C=O) groups is 1. The number of sulfonamides is 1. The molecule has 0 unspecified atom stereocenters. The molecule has 5 nitrogen and oxygen atoms in total. The van der Waals surface area contributed by atoms with Gasteiger partial charge in [-0.1, -0.05) is 0 Å². The summed E-state index contributed by atoms with van der Waals surface area (Å²) in [6.07, 6.45) is 0. The Kier molecular flexibility index (Phi) is 5.82. The summed E-state index contributed by atoms with van der Waals surface area (Å²) in [5, 5.41) is 2.56. The van der Waals surface area contributed by atoms with Crippen LogP contribution in [0.2, 0.25) is 0 Å². The first-order valence-electron chi connectivity index (χ1n) is 5.76. The number of amides is 1. The summed E-state index contributed by atoms with van der Waals surface area (Å²) < 4.78 is 26.8. The maximum atomic E-state index is 12.2. The molecular formula is C12H16Cl2N2O3S. The largest absolute Gasteiger partial charge is 0.326 e. The molecule has 0 aliphatic carbocycles. The van der Waals surface area contributed by atoms with Crippen LogP contribution in [0.25, 0.3) is 0 Å². The summed E-state index contributed by atoms with van der Waals surface area (Å²) in [6, 6.07) is 5.82. The summed E-state index contributed by atoms with van der Waals surface area (Å²) in [4.78, 5) is 11.0. The van der Waals surface area contributed by atoms with Crippen LogP contribution in [-0.4, -0.2) is 31.6 Å². The van der Waals surface area contributed by atoms with Gasteiger partial charge in [0, 0.05) is 24.4 Å². The van der Waals surface area contributed by atoms with Crippen LogP contribution >= 0.6 is 23.2 Å². The zero-order chi connectivity index (χ0) is 15.4. The number of carbonyl (C=O) groups excluding carboxylic acids is 1. The van der Waals surface area contributed by atoms with E-state index in [2.05, 4.69) is 10.0 Å². The van der Waals surface area contributed by atoms with Crippen molar-refractivity contribution in [1.29, 1.82) is 0 Å². The van der Waals surface area contributed by atoms with Gasteiger partial charge in [-0.05, 0) is 31.2 Å². The number of halogens is 2. The van der Waals surface area contributed by atoms with E-state index in [0.29, 0.717) is 5.69 Å². The molecule has 0 aliphatic rings. The van der Waals surface area contributed by atoms with Crippen molar-refractivity contribution in [2.75, 3.05) is 17.1 Å². The Morgan fingerprint density at radius 2 is 1.70 bits per heavy atom. The lowest BCUT2D eigenvalue weighted by Gasteiger charge is -2.25. The molecule has 0 heterocycles. The molecule has 1 aromatic carbocycles. The van der Waals surface area contributed by atoms with Gasteiger partial charge in [0.2, 0.25) is 15.9 Å². The molecule has 1 amide bonds. The Morgan fingerprint density at radius 1 is 1.20 bits per heavy atom. The van der Waals surface area contributed by atoms with E-state index in [4.69, 9.17) is 23.2 Å². The van der Waals surface area contributed by atoms with Crippen molar-refractivity contribution in [2.45, 2.75) is 24.3 Å². The van der Waals surface area contributed by atoms with Crippen LogP contribution in [-0.2, 0) is 14.8 Å². The Labute approximate surface area is 128 Å². The minimum Gasteiger partial charge on any atom is -0.326 e. The summed E-state index contributed by atoms with van der Waals surface area (Å²) >= 11 is 11.5. The van der Waals surface area contributed by atoms with Crippen LogP contribution < -0.4 is 10.0 Å².